The van der Waals surface area contributed by atoms with E-state index in [2.05, 4.69) is 13.8 Å². The van der Waals surface area contributed by atoms with E-state index in [0.29, 0.717) is 34.4 Å². The number of amides is 2. The molecule has 324 valence electrons. The van der Waals surface area contributed by atoms with Crippen molar-refractivity contribution >= 4 is 78.8 Å². The molecule has 0 saturated carbocycles. The minimum Gasteiger partial charge on any atom is -0.478 e. The van der Waals surface area contributed by atoms with Gasteiger partial charge in [0.1, 0.15) is 0 Å². The molecule has 0 heterocycles. The van der Waals surface area contributed by atoms with E-state index in [1.54, 1.807) is 24.3 Å². The van der Waals surface area contributed by atoms with Crippen molar-refractivity contribution in [3.05, 3.63) is 70.8 Å². The molecule has 0 fully saturated rings. The molecule has 8 N–H and O–H groups in total. The maximum Gasteiger partial charge on any atom is 0.337 e. The van der Waals surface area contributed by atoms with E-state index in [1.165, 1.54) is 102 Å². The highest BCUT2D eigenvalue weighted by Crippen LogP contribution is 2.45. The van der Waals surface area contributed by atoms with Crippen LogP contribution in [-0.2, 0) is 9.59 Å². The van der Waals surface area contributed by atoms with E-state index in [0.717, 1.165) is 31.1 Å². The third-order valence-corrected chi connectivity index (χ3v) is 10.8. The van der Waals surface area contributed by atoms with Crippen LogP contribution in [0.2, 0.25) is 0 Å². The van der Waals surface area contributed by atoms with E-state index >= 15 is 0 Å². The van der Waals surface area contributed by atoms with Gasteiger partial charge in [-0.1, -0.05) is 159 Å². The van der Waals surface area contributed by atoms with Gasteiger partial charge in [0.15, 0.2) is 0 Å². The number of fused-ring (bicyclic) bond motifs is 2. The monoisotopic (exact) mass is 826 g/mol. The number of carboxylic acid groups (broad SMARTS) is 4. The standard InChI is InChI=1S/C24H12O8.2C12H25NO/c25-21(26)13-8-7-11-10-5-1-3-9-4-2-6-12(14(9)10)16-15(11)17(13)19(23(29)30)20(24(31)32)18(16)22(27)28;2*1-2-3-4-5-6-7-8-9-10-11-12(13)14/h1-8H,(H,25,26)(H,27,28)(H,29,30)(H,31,32);2*2-11H2,1H3,(H2,13,14). The lowest BCUT2D eigenvalue weighted by molar-refractivity contribution is -0.119. The number of rotatable bonds is 24. The Kier molecular flexibility index (Phi) is 20.2. The Balaban J connectivity index is 0.000000287. The third-order valence-electron chi connectivity index (χ3n) is 10.8. The summed E-state index contributed by atoms with van der Waals surface area (Å²) in [5.74, 6) is -6.90. The average molecular weight is 827 g/mol. The summed E-state index contributed by atoms with van der Waals surface area (Å²) >= 11 is 0. The molecule has 0 unspecified atom stereocenters. The molecule has 0 spiro atoms. The van der Waals surface area contributed by atoms with Crippen molar-refractivity contribution in [2.75, 3.05) is 0 Å². The van der Waals surface area contributed by atoms with Crippen molar-refractivity contribution in [3.63, 3.8) is 0 Å². The van der Waals surface area contributed by atoms with E-state index in [1.807, 2.05) is 12.1 Å². The average Bonchev–Trinajstić information content (AvgIpc) is 3.20. The summed E-state index contributed by atoms with van der Waals surface area (Å²) in [6, 6.07) is 13.2. The lowest BCUT2D eigenvalue weighted by Crippen LogP contribution is -2.18. The smallest absolute Gasteiger partial charge is 0.337 e. The number of aromatic carboxylic acids is 4. The SMILES string of the molecule is CCCCCCCCCCCC(N)=O.CCCCCCCCCCCC(N)=O.O=C(O)c1c(C(=O)O)c2c(C(=O)O)ccc3c4cccc5cccc(c(c1C(=O)O)c23)c54. The molecule has 0 aliphatic carbocycles. The van der Waals surface area contributed by atoms with Gasteiger partial charge >= 0.3 is 23.9 Å². The topological polar surface area (TPSA) is 235 Å². The quantitative estimate of drug-likeness (QED) is 0.0195. The number of carbonyl (C=O) groups is 6. The molecular weight excluding hydrogens is 765 g/mol. The normalized spacial score (nSPS) is 11.0. The predicted molar refractivity (Wildman–Crippen MR) is 238 cm³/mol. The number of nitrogens with two attached hydrogens (primary N) is 2. The first-order chi connectivity index (χ1) is 28.8. The van der Waals surface area contributed by atoms with Crippen molar-refractivity contribution in [2.45, 2.75) is 142 Å². The molecule has 0 aromatic heterocycles. The first kappa shape index (κ1) is 48.6. The molecular formula is C48H62N2O10. The summed E-state index contributed by atoms with van der Waals surface area (Å²) in [4.78, 5) is 69.6. The second kappa shape index (κ2) is 25.0. The zero-order chi connectivity index (χ0) is 44.2. The van der Waals surface area contributed by atoms with Crippen molar-refractivity contribution in [3.8, 4) is 0 Å². The molecule has 0 atom stereocenters. The van der Waals surface area contributed by atoms with Crippen LogP contribution in [0.25, 0.3) is 43.1 Å². The summed E-state index contributed by atoms with van der Waals surface area (Å²) < 4.78 is 0. The minimum absolute atomic E-state index is 0.00250. The van der Waals surface area contributed by atoms with Gasteiger partial charge in [-0.15, -0.1) is 0 Å². The van der Waals surface area contributed by atoms with Crippen LogP contribution in [0.3, 0.4) is 0 Å². The fraction of sp³-hybridized carbons (Fsp3) is 0.458. The number of unbranched alkanes of at least 4 members (excludes halogenated alkanes) is 16. The maximum atomic E-state index is 12.3. The first-order valence-electron chi connectivity index (χ1n) is 21.5. The van der Waals surface area contributed by atoms with Crippen LogP contribution in [0.1, 0.15) is 184 Å². The van der Waals surface area contributed by atoms with E-state index in [4.69, 9.17) is 11.5 Å². The highest BCUT2D eigenvalue weighted by atomic mass is 16.4. The number of carbonyl (C=O) groups excluding carboxylic acids is 2. The van der Waals surface area contributed by atoms with Crippen LogP contribution in [0.4, 0.5) is 0 Å². The highest BCUT2D eigenvalue weighted by Gasteiger charge is 2.33. The zero-order valence-corrected chi connectivity index (χ0v) is 35.2. The van der Waals surface area contributed by atoms with Gasteiger partial charge in [0, 0.05) is 29.0 Å². The Hall–Kier alpha value is -5.78. The third kappa shape index (κ3) is 13.4. The van der Waals surface area contributed by atoms with Gasteiger partial charge in [-0.25, -0.2) is 19.2 Å². The van der Waals surface area contributed by atoms with Crippen molar-refractivity contribution in [1.82, 2.24) is 0 Å². The van der Waals surface area contributed by atoms with E-state index in [9.17, 15) is 49.2 Å². The Labute approximate surface area is 351 Å². The molecule has 0 aliphatic heterocycles. The summed E-state index contributed by atoms with van der Waals surface area (Å²) in [5.41, 5.74) is 7.17. The summed E-state index contributed by atoms with van der Waals surface area (Å²) in [6.45, 7) is 4.48. The number of hydrogen-bond acceptors (Lipinski definition) is 6. The lowest BCUT2D eigenvalue weighted by atomic mass is 9.81. The summed E-state index contributed by atoms with van der Waals surface area (Å²) in [6.07, 6.45) is 24.2. The second-order valence-electron chi connectivity index (χ2n) is 15.4. The molecule has 0 radical (unpaired) electrons. The minimum atomic E-state index is -1.77. The number of hydrogen-bond donors (Lipinski definition) is 6. The number of carboxylic acids is 4. The molecule has 2 amide bonds. The van der Waals surface area contributed by atoms with Gasteiger partial charge < -0.3 is 31.9 Å². The van der Waals surface area contributed by atoms with Gasteiger partial charge in [-0.3, -0.25) is 9.59 Å². The molecule has 0 aliphatic rings. The molecule has 0 bridgehead atoms. The zero-order valence-electron chi connectivity index (χ0n) is 35.2. The van der Waals surface area contributed by atoms with Crippen LogP contribution >= 0.6 is 0 Å². The van der Waals surface area contributed by atoms with Crippen LogP contribution < -0.4 is 11.5 Å². The Bertz CT molecular complexity index is 2210. The van der Waals surface area contributed by atoms with Gasteiger partial charge in [0.25, 0.3) is 0 Å². The number of primary amides is 2. The van der Waals surface area contributed by atoms with Gasteiger partial charge in [-0.2, -0.15) is 0 Å². The highest BCUT2D eigenvalue weighted by molar-refractivity contribution is 6.40. The Morgan fingerprint density at radius 2 is 0.783 bits per heavy atom. The Morgan fingerprint density at radius 3 is 1.18 bits per heavy atom. The van der Waals surface area contributed by atoms with Crippen LogP contribution in [0.5, 0.6) is 0 Å². The molecule has 12 nitrogen and oxygen atoms in total. The molecule has 60 heavy (non-hydrogen) atoms. The van der Waals surface area contributed by atoms with Gasteiger partial charge in [0.2, 0.25) is 11.8 Å². The van der Waals surface area contributed by atoms with Gasteiger partial charge in [-0.05, 0) is 45.8 Å². The Morgan fingerprint density at radius 1 is 0.400 bits per heavy atom. The van der Waals surface area contributed by atoms with Crippen LogP contribution in [-0.4, -0.2) is 56.1 Å². The van der Waals surface area contributed by atoms with Crippen molar-refractivity contribution in [1.29, 1.82) is 0 Å². The second-order valence-corrected chi connectivity index (χ2v) is 15.4. The summed E-state index contributed by atoms with van der Waals surface area (Å²) in [5, 5.41) is 42.3. The molecule has 5 rings (SSSR count). The van der Waals surface area contributed by atoms with Crippen LogP contribution in [0, 0.1) is 0 Å². The maximum absolute atomic E-state index is 12.3. The van der Waals surface area contributed by atoms with Crippen molar-refractivity contribution in [2.24, 2.45) is 11.5 Å². The summed E-state index contributed by atoms with van der Waals surface area (Å²) in [7, 11) is 0. The van der Waals surface area contributed by atoms with Crippen LogP contribution in [0.15, 0.2) is 48.5 Å². The molecule has 12 heteroatoms. The van der Waals surface area contributed by atoms with E-state index < -0.39 is 46.1 Å². The van der Waals surface area contributed by atoms with Gasteiger partial charge in [0.05, 0.1) is 22.3 Å². The van der Waals surface area contributed by atoms with Crippen molar-refractivity contribution < 1.29 is 49.2 Å². The molecule has 5 aromatic carbocycles. The first-order valence-corrected chi connectivity index (χ1v) is 21.5. The largest absolute Gasteiger partial charge is 0.478 e. The number of benzene rings is 5. The lowest BCUT2D eigenvalue weighted by Gasteiger charge is -2.20. The fourth-order valence-corrected chi connectivity index (χ4v) is 7.93. The fourth-order valence-electron chi connectivity index (χ4n) is 7.93. The molecule has 5 aromatic rings. The van der Waals surface area contributed by atoms with E-state index in [-0.39, 0.29) is 28.0 Å². The predicted octanol–water partition coefficient (Wildman–Crippen LogP) is 11.3. The molecule has 0 saturated heterocycles.